The van der Waals surface area contributed by atoms with Crippen LogP contribution in [-0.4, -0.2) is 57.0 Å². The van der Waals surface area contributed by atoms with Crippen molar-refractivity contribution in [2.75, 3.05) is 30.8 Å². The third-order valence-corrected chi connectivity index (χ3v) is 5.56. The number of anilines is 3. The highest BCUT2D eigenvalue weighted by Crippen LogP contribution is 2.31. The van der Waals surface area contributed by atoms with Crippen LogP contribution in [0, 0.1) is 5.82 Å². The maximum Gasteiger partial charge on any atom is 0.229 e. The predicted molar refractivity (Wildman–Crippen MR) is 99.4 cm³/mol. The number of aromatic nitrogens is 4. The molecule has 0 amide bonds. The third-order valence-electron chi connectivity index (χ3n) is 5.56. The van der Waals surface area contributed by atoms with Gasteiger partial charge in [0.25, 0.3) is 0 Å². The number of hydrogen-bond donors (Lipinski definition) is 2. The molecule has 2 atom stereocenters. The molecule has 1 aliphatic heterocycles. The molecular formula is C18H25F2N7. The summed E-state index contributed by atoms with van der Waals surface area (Å²) >= 11 is 0. The van der Waals surface area contributed by atoms with E-state index in [9.17, 15) is 8.78 Å². The normalized spacial score (nSPS) is 24.3. The second-order valence-corrected chi connectivity index (χ2v) is 7.28. The molecule has 2 aromatic heterocycles. The van der Waals surface area contributed by atoms with Crippen molar-refractivity contribution in [3.05, 3.63) is 24.4 Å². The van der Waals surface area contributed by atoms with Gasteiger partial charge in [-0.05, 0) is 19.3 Å². The molecule has 7 nitrogen and oxygen atoms in total. The van der Waals surface area contributed by atoms with Crippen LogP contribution in [0.4, 0.5) is 26.2 Å². The largest absolute Gasteiger partial charge is 0.371 e. The molecule has 1 saturated carbocycles. The Kier molecular flexibility index (Phi) is 5.20. The number of hydrogen-bond acceptors (Lipinski definition) is 6. The van der Waals surface area contributed by atoms with Crippen LogP contribution in [0.5, 0.6) is 0 Å². The highest BCUT2D eigenvalue weighted by molar-refractivity contribution is 5.52. The molecule has 2 aromatic rings. The van der Waals surface area contributed by atoms with Crippen LogP contribution >= 0.6 is 0 Å². The molecule has 9 heteroatoms. The summed E-state index contributed by atoms with van der Waals surface area (Å²) in [6.07, 6.45) is 9.18. The standard InChI is InChI=1S/C18H25F2N7/c1-21-17-14(19)9-22-18(25-17)24-12-8-23-27(10-12)16-6-7-26(11-15(16)20)13-4-2-3-5-13/h8-10,13,15-16H,2-7,11H2,1H3,(H2,21,22,24,25)/t15-,16-/m1/s1. The molecule has 2 fully saturated rings. The van der Waals surface area contributed by atoms with E-state index < -0.39 is 12.0 Å². The highest BCUT2D eigenvalue weighted by Gasteiger charge is 2.34. The summed E-state index contributed by atoms with van der Waals surface area (Å²) in [4.78, 5) is 10.3. The SMILES string of the molecule is CNc1nc(Nc2cnn([C@@H]3CCN(C4CCCC4)C[C@H]3F)c2)ncc1F. The van der Waals surface area contributed by atoms with Crippen molar-refractivity contribution in [3.63, 3.8) is 0 Å². The van der Waals surface area contributed by atoms with Gasteiger partial charge in [0.15, 0.2) is 11.6 Å². The van der Waals surface area contributed by atoms with E-state index in [0.29, 0.717) is 18.3 Å². The van der Waals surface area contributed by atoms with Crippen molar-refractivity contribution in [1.29, 1.82) is 0 Å². The molecule has 1 saturated heterocycles. The number of likely N-dealkylation sites (tertiary alicyclic amines) is 1. The van der Waals surface area contributed by atoms with E-state index in [4.69, 9.17) is 0 Å². The van der Waals surface area contributed by atoms with Crippen molar-refractivity contribution >= 4 is 17.5 Å². The quantitative estimate of drug-likeness (QED) is 0.834. The Bertz CT molecular complexity index is 775. The first kappa shape index (κ1) is 18.1. The predicted octanol–water partition coefficient (Wildman–Crippen LogP) is 3.13. The summed E-state index contributed by atoms with van der Waals surface area (Å²) in [7, 11) is 1.59. The van der Waals surface area contributed by atoms with Gasteiger partial charge in [-0.3, -0.25) is 9.58 Å². The summed E-state index contributed by atoms with van der Waals surface area (Å²) in [5, 5.41) is 9.98. The van der Waals surface area contributed by atoms with E-state index in [1.54, 1.807) is 24.1 Å². The zero-order valence-corrected chi connectivity index (χ0v) is 15.4. The fourth-order valence-electron chi connectivity index (χ4n) is 4.13. The number of rotatable bonds is 5. The molecule has 2 aliphatic rings. The third kappa shape index (κ3) is 3.87. The van der Waals surface area contributed by atoms with Crippen LogP contribution in [0.2, 0.25) is 0 Å². The Morgan fingerprint density at radius 3 is 2.74 bits per heavy atom. The summed E-state index contributed by atoms with van der Waals surface area (Å²) < 4.78 is 30.0. The molecule has 0 unspecified atom stereocenters. The lowest BCUT2D eigenvalue weighted by atomic mass is 10.0. The van der Waals surface area contributed by atoms with Crippen LogP contribution in [0.25, 0.3) is 0 Å². The Hall–Kier alpha value is -2.29. The molecule has 0 bridgehead atoms. The van der Waals surface area contributed by atoms with Gasteiger partial charge in [0.05, 0.1) is 24.1 Å². The second-order valence-electron chi connectivity index (χ2n) is 7.28. The van der Waals surface area contributed by atoms with Crippen molar-refractivity contribution in [1.82, 2.24) is 24.6 Å². The monoisotopic (exact) mass is 377 g/mol. The van der Waals surface area contributed by atoms with E-state index in [1.165, 1.54) is 25.7 Å². The van der Waals surface area contributed by atoms with E-state index >= 15 is 0 Å². The number of nitrogens with zero attached hydrogens (tertiary/aromatic N) is 5. The Balaban J connectivity index is 1.40. The number of piperidine rings is 1. The average molecular weight is 377 g/mol. The number of nitrogens with one attached hydrogen (secondary N) is 2. The van der Waals surface area contributed by atoms with E-state index in [1.807, 2.05) is 0 Å². The molecule has 4 rings (SSSR count). The lowest BCUT2D eigenvalue weighted by molar-refractivity contribution is 0.0572. The van der Waals surface area contributed by atoms with Gasteiger partial charge >= 0.3 is 0 Å². The minimum atomic E-state index is -0.940. The molecule has 3 heterocycles. The lowest BCUT2D eigenvalue weighted by Crippen LogP contribution is -2.46. The van der Waals surface area contributed by atoms with Gasteiger partial charge in [-0.25, -0.2) is 13.8 Å². The van der Waals surface area contributed by atoms with Gasteiger partial charge in [0, 0.05) is 32.4 Å². The van der Waals surface area contributed by atoms with Gasteiger partial charge in [0.2, 0.25) is 5.95 Å². The molecule has 1 aliphatic carbocycles. The fraction of sp³-hybridized carbons (Fsp3) is 0.611. The summed E-state index contributed by atoms with van der Waals surface area (Å²) in [6, 6.07) is 0.288. The molecule has 0 aromatic carbocycles. The zero-order chi connectivity index (χ0) is 18.8. The van der Waals surface area contributed by atoms with E-state index in [0.717, 1.165) is 19.2 Å². The Morgan fingerprint density at radius 1 is 1.19 bits per heavy atom. The molecule has 0 spiro atoms. The van der Waals surface area contributed by atoms with Crippen molar-refractivity contribution < 1.29 is 8.78 Å². The Labute approximate surface area is 157 Å². The summed E-state index contributed by atoms with van der Waals surface area (Å²) in [6.45, 7) is 1.38. The molecular weight excluding hydrogens is 352 g/mol. The fourth-order valence-corrected chi connectivity index (χ4v) is 4.13. The molecule has 2 N–H and O–H groups in total. The lowest BCUT2D eigenvalue weighted by Gasteiger charge is -2.38. The molecule has 0 radical (unpaired) electrons. The van der Waals surface area contributed by atoms with Crippen molar-refractivity contribution in [3.8, 4) is 0 Å². The van der Waals surface area contributed by atoms with Gasteiger partial charge in [0.1, 0.15) is 6.17 Å². The van der Waals surface area contributed by atoms with Crippen LogP contribution in [-0.2, 0) is 0 Å². The molecule has 146 valence electrons. The first-order chi connectivity index (χ1) is 13.1. The van der Waals surface area contributed by atoms with Crippen LogP contribution < -0.4 is 10.6 Å². The van der Waals surface area contributed by atoms with Gasteiger partial charge in [-0.2, -0.15) is 10.1 Å². The zero-order valence-electron chi connectivity index (χ0n) is 15.4. The van der Waals surface area contributed by atoms with Crippen LogP contribution in [0.3, 0.4) is 0 Å². The van der Waals surface area contributed by atoms with Gasteiger partial charge in [-0.15, -0.1) is 0 Å². The second kappa shape index (κ2) is 7.75. The van der Waals surface area contributed by atoms with Crippen molar-refractivity contribution in [2.45, 2.75) is 50.4 Å². The van der Waals surface area contributed by atoms with Gasteiger partial charge < -0.3 is 10.6 Å². The summed E-state index contributed by atoms with van der Waals surface area (Å²) in [5.41, 5.74) is 0.647. The highest BCUT2D eigenvalue weighted by atomic mass is 19.1. The van der Waals surface area contributed by atoms with Gasteiger partial charge in [-0.1, -0.05) is 12.8 Å². The molecule has 27 heavy (non-hydrogen) atoms. The first-order valence-corrected chi connectivity index (χ1v) is 9.53. The van der Waals surface area contributed by atoms with Crippen LogP contribution in [0.1, 0.15) is 38.1 Å². The van der Waals surface area contributed by atoms with Crippen LogP contribution in [0.15, 0.2) is 18.6 Å². The minimum absolute atomic E-state index is 0.114. The Morgan fingerprint density at radius 2 is 2.00 bits per heavy atom. The number of alkyl halides is 1. The number of halogens is 2. The maximum absolute atomic E-state index is 14.8. The minimum Gasteiger partial charge on any atom is -0.371 e. The maximum atomic E-state index is 14.8. The summed E-state index contributed by atoms with van der Waals surface area (Å²) in [5.74, 6) is -0.149. The van der Waals surface area contributed by atoms with E-state index in [2.05, 4.69) is 30.6 Å². The van der Waals surface area contributed by atoms with Crippen molar-refractivity contribution in [2.24, 2.45) is 0 Å². The average Bonchev–Trinajstić information content (AvgIpc) is 3.35. The first-order valence-electron chi connectivity index (χ1n) is 9.53. The smallest absolute Gasteiger partial charge is 0.229 e. The van der Waals surface area contributed by atoms with E-state index in [-0.39, 0.29) is 17.8 Å². The topological polar surface area (TPSA) is 70.9 Å².